The molecule has 2 rings (SSSR count). The Balaban J connectivity index is 1.56. The summed E-state index contributed by atoms with van der Waals surface area (Å²) in [5.41, 5.74) is 0. The van der Waals surface area contributed by atoms with Crippen molar-refractivity contribution >= 4 is 11.3 Å². The van der Waals surface area contributed by atoms with E-state index in [0.717, 1.165) is 32.7 Å². The van der Waals surface area contributed by atoms with Crippen LogP contribution in [0.1, 0.15) is 17.8 Å². The molecule has 0 saturated carbocycles. The number of nitrogens with zero attached hydrogens (tertiary/aromatic N) is 2. The van der Waals surface area contributed by atoms with E-state index in [2.05, 4.69) is 27.4 Å². The second kappa shape index (κ2) is 7.06. The van der Waals surface area contributed by atoms with Gasteiger partial charge in [-0.3, -0.25) is 4.90 Å². The number of nitrogens with one attached hydrogen (secondary N) is 2. The largest absolute Gasteiger partial charge is 0.315 e. The Kier molecular flexibility index (Phi) is 5.38. The van der Waals surface area contributed by atoms with Crippen LogP contribution in [0.25, 0.3) is 0 Å². The molecule has 0 bridgehead atoms. The predicted octanol–water partition coefficient (Wildman–Crippen LogP) is 0.741. The van der Waals surface area contributed by atoms with Gasteiger partial charge in [0.2, 0.25) is 0 Å². The van der Waals surface area contributed by atoms with Gasteiger partial charge in [-0.05, 0) is 0 Å². The van der Waals surface area contributed by atoms with Crippen molar-refractivity contribution in [3.05, 3.63) is 16.6 Å². The lowest BCUT2D eigenvalue weighted by Crippen LogP contribution is -2.45. The van der Waals surface area contributed by atoms with Crippen molar-refractivity contribution in [2.45, 2.75) is 12.8 Å². The van der Waals surface area contributed by atoms with Crippen LogP contribution in [0.15, 0.2) is 11.6 Å². The first-order chi connectivity index (χ1) is 8.36. The minimum atomic E-state index is 0.526. The molecule has 0 amide bonds. The summed E-state index contributed by atoms with van der Waals surface area (Å²) in [4.78, 5) is 6.86. The summed E-state index contributed by atoms with van der Waals surface area (Å²) >= 11 is 1.75. The highest BCUT2D eigenvalue weighted by molar-refractivity contribution is 7.09. The summed E-state index contributed by atoms with van der Waals surface area (Å²) in [5.74, 6) is 0.526. The van der Waals surface area contributed by atoms with E-state index in [4.69, 9.17) is 0 Å². The fraction of sp³-hybridized carbons (Fsp3) is 0.750. The maximum absolute atomic E-state index is 4.34. The Bertz CT molecular complexity index is 295. The smallest absolute Gasteiger partial charge is 0.0965 e. The highest BCUT2D eigenvalue weighted by Gasteiger charge is 2.10. The molecule has 4 nitrogen and oxygen atoms in total. The highest BCUT2D eigenvalue weighted by atomic mass is 32.1. The van der Waals surface area contributed by atoms with Crippen LogP contribution in [0.5, 0.6) is 0 Å². The van der Waals surface area contributed by atoms with Gasteiger partial charge in [-0.1, -0.05) is 6.92 Å². The third-order valence-corrected chi connectivity index (χ3v) is 4.15. The average Bonchev–Trinajstić information content (AvgIpc) is 2.89. The monoisotopic (exact) mass is 254 g/mol. The van der Waals surface area contributed by atoms with Gasteiger partial charge in [0.05, 0.1) is 5.01 Å². The van der Waals surface area contributed by atoms with Gasteiger partial charge in [0.15, 0.2) is 0 Å². The third-order valence-electron chi connectivity index (χ3n) is 3.14. The highest BCUT2D eigenvalue weighted by Crippen LogP contribution is 2.16. The Labute approximate surface area is 107 Å². The lowest BCUT2D eigenvalue weighted by molar-refractivity contribution is 0.241. The zero-order valence-corrected chi connectivity index (χ0v) is 11.3. The number of hydrogen-bond donors (Lipinski definition) is 2. The zero-order valence-electron chi connectivity index (χ0n) is 10.5. The molecule has 96 valence electrons. The third kappa shape index (κ3) is 4.35. The molecule has 5 heteroatoms. The Morgan fingerprint density at radius 1 is 1.53 bits per heavy atom. The molecule has 17 heavy (non-hydrogen) atoms. The molecule has 1 saturated heterocycles. The number of piperazine rings is 1. The van der Waals surface area contributed by atoms with Gasteiger partial charge in [-0.25, -0.2) is 4.98 Å². The number of hydrogen-bond acceptors (Lipinski definition) is 5. The predicted molar refractivity (Wildman–Crippen MR) is 72.7 cm³/mol. The molecular weight excluding hydrogens is 232 g/mol. The fourth-order valence-corrected chi connectivity index (χ4v) is 2.75. The van der Waals surface area contributed by atoms with E-state index in [-0.39, 0.29) is 0 Å². The second-order valence-corrected chi connectivity index (χ2v) is 5.49. The van der Waals surface area contributed by atoms with E-state index < -0.39 is 0 Å². The van der Waals surface area contributed by atoms with Crippen molar-refractivity contribution in [3.8, 4) is 0 Å². The van der Waals surface area contributed by atoms with Crippen LogP contribution >= 0.6 is 11.3 Å². The van der Waals surface area contributed by atoms with Gasteiger partial charge < -0.3 is 10.6 Å². The lowest BCUT2D eigenvalue weighted by atomic mass is 10.2. The minimum Gasteiger partial charge on any atom is -0.315 e. The molecule has 1 aromatic rings. The quantitative estimate of drug-likeness (QED) is 0.735. The standard InChI is InChI=1S/C12H22N4S/c1-11(12-15-5-9-17-12)10-14-4-8-16-6-2-13-3-7-16/h5,9,11,13-14H,2-4,6-8,10H2,1H3. The SMILES string of the molecule is CC(CNCCN1CCNCC1)c1nccs1. The molecule has 1 aliphatic rings. The van der Waals surface area contributed by atoms with Gasteiger partial charge >= 0.3 is 0 Å². The molecule has 1 fully saturated rings. The van der Waals surface area contributed by atoms with E-state index in [1.54, 1.807) is 11.3 Å². The lowest BCUT2D eigenvalue weighted by Gasteiger charge is -2.27. The number of aromatic nitrogens is 1. The molecule has 1 aromatic heterocycles. The number of thiazole rings is 1. The van der Waals surface area contributed by atoms with Crippen LogP contribution in [0, 0.1) is 0 Å². The molecule has 2 N–H and O–H groups in total. The molecule has 0 radical (unpaired) electrons. The minimum absolute atomic E-state index is 0.526. The molecule has 0 aliphatic carbocycles. The summed E-state index contributed by atoms with van der Waals surface area (Å²) in [7, 11) is 0. The second-order valence-electron chi connectivity index (χ2n) is 4.57. The Morgan fingerprint density at radius 2 is 2.35 bits per heavy atom. The van der Waals surface area contributed by atoms with Crippen LogP contribution in [-0.2, 0) is 0 Å². The fourth-order valence-electron chi connectivity index (χ4n) is 2.06. The molecule has 1 atom stereocenters. The van der Waals surface area contributed by atoms with Crippen LogP contribution in [0.2, 0.25) is 0 Å². The average molecular weight is 254 g/mol. The summed E-state index contributed by atoms with van der Waals surface area (Å²) in [6, 6.07) is 0. The van der Waals surface area contributed by atoms with Crippen molar-refractivity contribution in [1.29, 1.82) is 0 Å². The maximum atomic E-state index is 4.34. The first kappa shape index (κ1) is 13.0. The van der Waals surface area contributed by atoms with E-state index in [0.29, 0.717) is 5.92 Å². The normalized spacial score (nSPS) is 19.4. The number of rotatable bonds is 6. The van der Waals surface area contributed by atoms with Crippen molar-refractivity contribution in [3.63, 3.8) is 0 Å². The Hall–Kier alpha value is -0.490. The van der Waals surface area contributed by atoms with Gasteiger partial charge in [0, 0.05) is 63.3 Å². The summed E-state index contributed by atoms with van der Waals surface area (Å²) < 4.78 is 0. The maximum Gasteiger partial charge on any atom is 0.0965 e. The molecular formula is C12H22N4S. The van der Waals surface area contributed by atoms with E-state index >= 15 is 0 Å². The Morgan fingerprint density at radius 3 is 3.06 bits per heavy atom. The summed E-state index contributed by atoms with van der Waals surface area (Å²) in [6.07, 6.45) is 1.89. The molecule has 1 aliphatic heterocycles. The van der Waals surface area contributed by atoms with Crippen molar-refractivity contribution in [2.75, 3.05) is 45.8 Å². The van der Waals surface area contributed by atoms with Gasteiger partial charge in [0.25, 0.3) is 0 Å². The van der Waals surface area contributed by atoms with E-state index in [9.17, 15) is 0 Å². The zero-order chi connectivity index (χ0) is 11.9. The molecule has 0 aromatic carbocycles. The first-order valence-electron chi connectivity index (χ1n) is 6.39. The van der Waals surface area contributed by atoms with Gasteiger partial charge in [0.1, 0.15) is 0 Å². The van der Waals surface area contributed by atoms with Crippen LogP contribution < -0.4 is 10.6 Å². The molecule has 0 spiro atoms. The van der Waals surface area contributed by atoms with Crippen molar-refractivity contribution < 1.29 is 0 Å². The van der Waals surface area contributed by atoms with Crippen molar-refractivity contribution in [2.24, 2.45) is 0 Å². The topological polar surface area (TPSA) is 40.2 Å². The van der Waals surface area contributed by atoms with Crippen LogP contribution in [0.4, 0.5) is 0 Å². The van der Waals surface area contributed by atoms with Gasteiger partial charge in [-0.15, -0.1) is 11.3 Å². The van der Waals surface area contributed by atoms with Crippen molar-refractivity contribution in [1.82, 2.24) is 20.5 Å². The first-order valence-corrected chi connectivity index (χ1v) is 7.27. The molecule has 2 heterocycles. The van der Waals surface area contributed by atoms with Gasteiger partial charge in [-0.2, -0.15) is 0 Å². The molecule has 1 unspecified atom stereocenters. The van der Waals surface area contributed by atoms with E-state index in [1.165, 1.54) is 18.1 Å². The van der Waals surface area contributed by atoms with Crippen LogP contribution in [-0.4, -0.2) is 55.7 Å². The summed E-state index contributed by atoms with van der Waals surface area (Å²) in [5, 5.41) is 10.2. The van der Waals surface area contributed by atoms with Crippen LogP contribution in [0.3, 0.4) is 0 Å². The van der Waals surface area contributed by atoms with E-state index in [1.807, 2.05) is 11.6 Å². The summed E-state index contributed by atoms with van der Waals surface area (Å²) in [6.45, 7) is 10.1.